The van der Waals surface area contributed by atoms with Gasteiger partial charge in [-0.05, 0) is 31.4 Å². The largest absolute Gasteiger partial charge is 0.493 e. The molecule has 1 heterocycles. The van der Waals surface area contributed by atoms with Crippen LogP contribution in [0.5, 0.6) is 17.2 Å². The molecule has 9 heteroatoms. The van der Waals surface area contributed by atoms with E-state index in [1.165, 1.54) is 19.4 Å². The minimum Gasteiger partial charge on any atom is -0.493 e. The number of carbonyl (C=O) groups excluding carboxylic acids is 3. The number of hydrogen-bond donors (Lipinski definition) is 0. The zero-order valence-corrected chi connectivity index (χ0v) is 23.3. The average Bonchev–Trinajstić information content (AvgIpc) is 2.88. The predicted molar refractivity (Wildman–Crippen MR) is 141 cm³/mol. The molecule has 0 fully saturated rings. The van der Waals surface area contributed by atoms with Crippen LogP contribution in [0.3, 0.4) is 0 Å². The number of aromatic nitrogens is 1. The zero-order chi connectivity index (χ0) is 28.2. The minimum atomic E-state index is -0.749. The van der Waals surface area contributed by atoms with Crippen LogP contribution in [0.25, 0.3) is 0 Å². The number of Topliss-reactive ketones (excluding diaryl/α,β-unsaturated/α-hetero) is 1. The van der Waals surface area contributed by atoms with Crippen molar-refractivity contribution in [1.82, 2.24) is 4.98 Å². The first-order valence-corrected chi connectivity index (χ1v) is 12.8. The van der Waals surface area contributed by atoms with Crippen LogP contribution in [0.4, 0.5) is 0 Å². The number of pyridine rings is 1. The third-order valence-electron chi connectivity index (χ3n) is 5.68. The van der Waals surface area contributed by atoms with Gasteiger partial charge in [0.05, 0.1) is 18.9 Å². The van der Waals surface area contributed by atoms with Crippen LogP contribution in [0.15, 0.2) is 42.6 Å². The van der Waals surface area contributed by atoms with Gasteiger partial charge in [0.15, 0.2) is 23.0 Å². The van der Waals surface area contributed by atoms with Crippen LogP contribution < -0.4 is 14.2 Å². The first-order chi connectivity index (χ1) is 18.0. The van der Waals surface area contributed by atoms with Crippen molar-refractivity contribution in [1.29, 1.82) is 0 Å². The Morgan fingerprint density at radius 2 is 1.61 bits per heavy atom. The number of ether oxygens (including phenoxy) is 5. The van der Waals surface area contributed by atoms with Crippen molar-refractivity contribution in [3.8, 4) is 17.2 Å². The van der Waals surface area contributed by atoms with Crippen LogP contribution in [-0.4, -0.2) is 48.8 Å². The summed E-state index contributed by atoms with van der Waals surface area (Å²) in [5.41, 5.74) is -0.0252. The fraction of sp³-hybridized carbons (Fsp3) is 0.517. The summed E-state index contributed by atoms with van der Waals surface area (Å²) in [5, 5.41) is 0. The van der Waals surface area contributed by atoms with E-state index in [1.807, 2.05) is 30.3 Å². The molecule has 0 amide bonds. The highest BCUT2D eigenvalue weighted by molar-refractivity contribution is 5.99. The highest BCUT2D eigenvalue weighted by atomic mass is 16.7. The van der Waals surface area contributed by atoms with Crippen molar-refractivity contribution in [2.75, 3.05) is 13.9 Å². The topological polar surface area (TPSA) is 110 Å². The molecule has 0 unspecified atom stereocenters. The fourth-order valence-corrected chi connectivity index (χ4v) is 3.55. The van der Waals surface area contributed by atoms with Crippen molar-refractivity contribution >= 4 is 17.7 Å². The number of carbonyl (C=O) groups is 3. The number of nitrogens with zero attached hydrogens (tertiary/aromatic N) is 1. The van der Waals surface area contributed by atoms with Crippen molar-refractivity contribution in [3.63, 3.8) is 0 Å². The summed E-state index contributed by atoms with van der Waals surface area (Å²) in [7, 11) is 1.42. The third-order valence-corrected chi connectivity index (χ3v) is 5.68. The maximum absolute atomic E-state index is 13.1. The molecule has 3 atom stereocenters. The second-order valence-electron chi connectivity index (χ2n) is 9.84. The summed E-state index contributed by atoms with van der Waals surface area (Å²) in [6.45, 7) is 10.5. The van der Waals surface area contributed by atoms with Gasteiger partial charge >= 0.3 is 11.9 Å². The van der Waals surface area contributed by atoms with Gasteiger partial charge in [0.25, 0.3) is 0 Å². The van der Waals surface area contributed by atoms with E-state index >= 15 is 0 Å². The Morgan fingerprint density at radius 1 is 0.921 bits per heavy atom. The summed E-state index contributed by atoms with van der Waals surface area (Å²) < 4.78 is 27.7. The first kappa shape index (κ1) is 30.6. The minimum absolute atomic E-state index is 0.0252. The molecule has 0 spiro atoms. The summed E-state index contributed by atoms with van der Waals surface area (Å²) in [6, 6.07) is 10.9. The van der Waals surface area contributed by atoms with Gasteiger partial charge in [-0.3, -0.25) is 14.4 Å². The third kappa shape index (κ3) is 9.36. The number of hydrogen-bond acceptors (Lipinski definition) is 9. The number of ketones is 1. The van der Waals surface area contributed by atoms with Gasteiger partial charge in [0.1, 0.15) is 18.0 Å². The van der Waals surface area contributed by atoms with Crippen molar-refractivity contribution in [2.45, 2.75) is 66.6 Å². The van der Waals surface area contributed by atoms with E-state index in [4.69, 9.17) is 23.7 Å². The van der Waals surface area contributed by atoms with Crippen LogP contribution in [0, 0.1) is 17.8 Å². The molecule has 2 rings (SSSR count). The molecule has 0 aliphatic heterocycles. The molecular formula is C29H39NO8. The Balaban J connectivity index is 2.06. The second-order valence-corrected chi connectivity index (χ2v) is 9.84. The molecule has 0 bridgehead atoms. The quantitative estimate of drug-likeness (QED) is 0.173. The Kier molecular flexibility index (Phi) is 12.0. The molecule has 1 aromatic carbocycles. The Labute approximate surface area is 224 Å². The molecule has 0 aliphatic rings. The van der Waals surface area contributed by atoms with Gasteiger partial charge < -0.3 is 23.7 Å². The van der Waals surface area contributed by atoms with E-state index in [0.717, 1.165) is 0 Å². The fourth-order valence-electron chi connectivity index (χ4n) is 3.55. The molecule has 0 N–H and O–H groups in total. The Hall–Kier alpha value is -3.62. The van der Waals surface area contributed by atoms with E-state index in [2.05, 4.69) is 18.8 Å². The van der Waals surface area contributed by atoms with Gasteiger partial charge in [-0.2, -0.15) is 0 Å². The number of methoxy groups -OCH3 is 1. The average molecular weight is 530 g/mol. The summed E-state index contributed by atoms with van der Waals surface area (Å²) in [5.74, 6) is -1.18. The lowest BCUT2D eigenvalue weighted by molar-refractivity contribution is -0.157. The molecule has 38 heavy (non-hydrogen) atoms. The van der Waals surface area contributed by atoms with Crippen LogP contribution in [0.2, 0.25) is 0 Å². The number of rotatable bonds is 15. The van der Waals surface area contributed by atoms with Crippen LogP contribution in [-0.2, 0) is 19.1 Å². The lowest BCUT2D eigenvalue weighted by Crippen LogP contribution is -2.36. The maximum Gasteiger partial charge on any atom is 0.311 e. The zero-order valence-electron chi connectivity index (χ0n) is 23.3. The Bertz CT molecular complexity index is 1050. The molecule has 2 aromatic rings. The Morgan fingerprint density at radius 3 is 2.21 bits per heavy atom. The molecule has 0 saturated carbocycles. The lowest BCUT2D eigenvalue weighted by Gasteiger charge is -2.27. The highest BCUT2D eigenvalue weighted by Gasteiger charge is 2.29. The standard InChI is InChI=1S/C29H39NO8/c1-18(2)15-25(38-22-11-9-8-10-12-22)21(6)37-29(33)20(5)16-23(31)26-27(24(34-7)13-14-30-26)35-17-36-28(32)19(3)4/h8-14,18-21,25H,15-17H2,1-7H3/t20-,21+,25-/m1/s1. The smallest absolute Gasteiger partial charge is 0.311 e. The SMILES string of the molecule is COc1ccnc(C(=O)C[C@@H](C)C(=O)O[C@@H](C)[C@@H](CC(C)C)Oc2ccccc2)c1OCOC(=O)C(C)C. The van der Waals surface area contributed by atoms with E-state index < -0.39 is 36.5 Å². The number of para-hydroxylation sites is 1. The van der Waals surface area contributed by atoms with Crippen molar-refractivity contribution in [3.05, 3.63) is 48.3 Å². The second kappa shape index (κ2) is 15.0. The number of benzene rings is 1. The van der Waals surface area contributed by atoms with Crippen molar-refractivity contribution < 1.29 is 38.1 Å². The lowest BCUT2D eigenvalue weighted by atomic mass is 10.0. The maximum atomic E-state index is 13.1. The van der Waals surface area contributed by atoms with Gasteiger partial charge in [-0.1, -0.05) is 52.8 Å². The van der Waals surface area contributed by atoms with E-state index in [1.54, 1.807) is 27.7 Å². The molecule has 0 radical (unpaired) electrons. The molecule has 0 aliphatic carbocycles. The highest BCUT2D eigenvalue weighted by Crippen LogP contribution is 2.31. The molecule has 1 aromatic heterocycles. The number of esters is 2. The van der Waals surface area contributed by atoms with E-state index in [0.29, 0.717) is 18.1 Å². The van der Waals surface area contributed by atoms with Crippen LogP contribution >= 0.6 is 0 Å². The monoisotopic (exact) mass is 529 g/mol. The molecule has 208 valence electrons. The molecular weight excluding hydrogens is 490 g/mol. The van der Waals surface area contributed by atoms with Gasteiger partial charge in [-0.25, -0.2) is 4.98 Å². The van der Waals surface area contributed by atoms with Crippen molar-refractivity contribution in [2.24, 2.45) is 17.8 Å². The van der Waals surface area contributed by atoms with Gasteiger partial charge in [0.2, 0.25) is 6.79 Å². The van der Waals surface area contributed by atoms with E-state index in [-0.39, 0.29) is 35.6 Å². The van der Waals surface area contributed by atoms with Gasteiger partial charge in [-0.15, -0.1) is 0 Å². The summed E-state index contributed by atoms with van der Waals surface area (Å²) >= 11 is 0. The first-order valence-electron chi connectivity index (χ1n) is 12.8. The normalized spacial score (nSPS) is 13.4. The summed E-state index contributed by atoms with van der Waals surface area (Å²) in [6.07, 6.45) is 1.04. The van der Waals surface area contributed by atoms with Gasteiger partial charge in [0, 0.05) is 18.7 Å². The van der Waals surface area contributed by atoms with E-state index in [9.17, 15) is 14.4 Å². The summed E-state index contributed by atoms with van der Waals surface area (Å²) in [4.78, 5) is 41.9. The predicted octanol–water partition coefficient (Wildman–Crippen LogP) is 5.26. The molecule has 9 nitrogen and oxygen atoms in total. The molecule has 0 saturated heterocycles. The van der Waals surface area contributed by atoms with Crippen LogP contribution in [0.1, 0.15) is 64.9 Å².